The van der Waals surface area contributed by atoms with E-state index in [2.05, 4.69) is 0 Å². The van der Waals surface area contributed by atoms with E-state index >= 15 is 0 Å². The molecule has 0 saturated carbocycles. The number of nitrogens with two attached hydrogens (primary N) is 1. The second kappa shape index (κ2) is 14.3. The highest BCUT2D eigenvalue weighted by Crippen LogP contribution is 2.33. The van der Waals surface area contributed by atoms with Gasteiger partial charge >= 0.3 is 23.9 Å². The van der Waals surface area contributed by atoms with Gasteiger partial charge in [-0.3, -0.25) is 5.73 Å². The SMILES string of the molecule is CCOC(=O)c1ccc[n+](C2OC(COC(=O)c3ccccc3)C(OC(=O)c3ccccc3)C2OC(=O)c2ccccc2)c1N. The minimum atomic E-state index is -1.30. The zero-order valence-corrected chi connectivity index (χ0v) is 24.3. The van der Waals surface area contributed by atoms with Crippen LogP contribution < -0.4 is 10.3 Å². The van der Waals surface area contributed by atoms with Crippen LogP contribution in [0.2, 0.25) is 0 Å². The summed E-state index contributed by atoms with van der Waals surface area (Å²) in [5.41, 5.74) is 7.26. The third-order valence-electron chi connectivity index (χ3n) is 7.01. The van der Waals surface area contributed by atoms with Crippen LogP contribution in [0.3, 0.4) is 0 Å². The standard InChI is InChI=1S/C34H30N2O9/c1-2-41-34(40)25-19-12-20-36(29(25)35)30-28(45-33(39)24-17-10-5-11-18-24)27(44-32(38)23-15-8-4-9-16-23)26(43-30)21-42-31(37)22-13-6-3-7-14-22/h3-20,26-28,30,35H,2,21H2,1H3/p+1. The van der Waals surface area contributed by atoms with Crippen molar-refractivity contribution in [3.63, 3.8) is 0 Å². The van der Waals surface area contributed by atoms with E-state index in [-0.39, 0.29) is 35.7 Å². The van der Waals surface area contributed by atoms with Gasteiger partial charge in [0.1, 0.15) is 18.3 Å². The average Bonchev–Trinajstić information content (AvgIpc) is 3.40. The highest BCUT2D eigenvalue weighted by atomic mass is 16.7. The Bertz CT molecular complexity index is 1650. The predicted octanol–water partition coefficient (Wildman–Crippen LogP) is 3.94. The first-order chi connectivity index (χ1) is 21.9. The lowest BCUT2D eigenvalue weighted by Crippen LogP contribution is -2.50. The number of anilines is 1. The normalized spacial score (nSPS) is 18.9. The molecule has 1 aromatic heterocycles. The lowest BCUT2D eigenvalue weighted by molar-refractivity contribution is -0.753. The minimum Gasteiger partial charge on any atom is -0.462 e. The summed E-state index contributed by atoms with van der Waals surface area (Å²) in [6, 6.07) is 27.8. The number of carbonyl (C=O) groups is 4. The Labute approximate surface area is 259 Å². The quantitative estimate of drug-likeness (QED) is 0.159. The van der Waals surface area contributed by atoms with Gasteiger partial charge < -0.3 is 23.7 Å². The highest BCUT2D eigenvalue weighted by molar-refractivity contribution is 5.93. The Morgan fingerprint density at radius 3 is 1.71 bits per heavy atom. The number of esters is 4. The molecular formula is C34H31N2O9+. The van der Waals surface area contributed by atoms with E-state index < -0.39 is 48.4 Å². The maximum absolute atomic E-state index is 13.4. The van der Waals surface area contributed by atoms with E-state index in [0.29, 0.717) is 5.56 Å². The van der Waals surface area contributed by atoms with Crippen LogP contribution in [0.25, 0.3) is 0 Å². The Morgan fingerprint density at radius 1 is 0.667 bits per heavy atom. The van der Waals surface area contributed by atoms with Crippen LogP contribution in [0, 0.1) is 0 Å². The molecule has 4 atom stereocenters. The topological polar surface area (TPSA) is 144 Å². The van der Waals surface area contributed by atoms with Crippen LogP contribution in [0.15, 0.2) is 109 Å². The van der Waals surface area contributed by atoms with Crippen molar-refractivity contribution in [1.29, 1.82) is 0 Å². The van der Waals surface area contributed by atoms with Gasteiger partial charge in [0.25, 0.3) is 5.82 Å². The molecule has 3 aromatic carbocycles. The molecule has 2 N–H and O–H groups in total. The van der Waals surface area contributed by atoms with E-state index in [4.69, 9.17) is 29.4 Å². The molecule has 0 radical (unpaired) electrons. The molecule has 5 rings (SSSR count). The summed E-state index contributed by atoms with van der Waals surface area (Å²) in [5, 5.41) is 0. The maximum atomic E-state index is 13.4. The summed E-state index contributed by atoms with van der Waals surface area (Å²) in [6.45, 7) is 1.42. The van der Waals surface area contributed by atoms with E-state index in [9.17, 15) is 19.2 Å². The summed E-state index contributed by atoms with van der Waals surface area (Å²) in [5.74, 6) is -2.79. The van der Waals surface area contributed by atoms with Crippen LogP contribution in [0.4, 0.5) is 5.82 Å². The predicted molar refractivity (Wildman–Crippen MR) is 159 cm³/mol. The van der Waals surface area contributed by atoms with E-state index in [0.717, 1.165) is 0 Å². The van der Waals surface area contributed by atoms with Gasteiger partial charge in [-0.25, -0.2) is 23.7 Å². The van der Waals surface area contributed by atoms with Gasteiger partial charge in [0.15, 0.2) is 6.10 Å². The number of nitrogens with zero attached hydrogens (tertiary/aromatic N) is 1. The van der Waals surface area contributed by atoms with Crippen molar-refractivity contribution in [2.24, 2.45) is 0 Å². The summed E-state index contributed by atoms with van der Waals surface area (Å²) < 4.78 is 30.3. The number of benzene rings is 3. The molecule has 1 fully saturated rings. The molecule has 45 heavy (non-hydrogen) atoms. The fourth-order valence-electron chi connectivity index (χ4n) is 4.82. The first kappa shape index (κ1) is 30.9. The van der Waals surface area contributed by atoms with Crippen molar-refractivity contribution < 1.29 is 47.4 Å². The molecule has 1 aliphatic heterocycles. The van der Waals surface area contributed by atoms with Gasteiger partial charge in [0.05, 0.1) is 29.5 Å². The summed E-state index contributed by atoms with van der Waals surface area (Å²) in [6.07, 6.45) is -3.35. The van der Waals surface area contributed by atoms with Crippen LogP contribution >= 0.6 is 0 Å². The Morgan fingerprint density at radius 2 is 1.18 bits per heavy atom. The van der Waals surface area contributed by atoms with Crippen LogP contribution in [-0.4, -0.2) is 55.4 Å². The fourth-order valence-corrected chi connectivity index (χ4v) is 4.82. The third-order valence-corrected chi connectivity index (χ3v) is 7.01. The molecule has 11 heteroatoms. The van der Waals surface area contributed by atoms with Gasteiger partial charge in [-0.15, -0.1) is 0 Å². The molecule has 0 amide bonds. The number of nitrogen functional groups attached to an aromatic ring is 1. The Balaban J connectivity index is 1.53. The molecule has 4 aromatic rings. The molecule has 1 aliphatic rings. The van der Waals surface area contributed by atoms with E-state index in [1.54, 1.807) is 104 Å². The smallest absolute Gasteiger partial charge is 0.346 e. The largest absolute Gasteiger partial charge is 0.462 e. The number of pyridine rings is 1. The van der Waals surface area contributed by atoms with Crippen molar-refractivity contribution in [2.75, 3.05) is 18.9 Å². The van der Waals surface area contributed by atoms with Crippen LogP contribution in [-0.2, 0) is 23.7 Å². The zero-order valence-electron chi connectivity index (χ0n) is 24.3. The molecule has 4 unspecified atom stereocenters. The van der Waals surface area contributed by atoms with E-state index in [1.807, 2.05) is 0 Å². The number of aromatic nitrogens is 1. The molecule has 0 spiro atoms. The fraction of sp³-hybridized carbons (Fsp3) is 0.206. The second-order valence-electron chi connectivity index (χ2n) is 9.94. The van der Waals surface area contributed by atoms with Gasteiger partial charge in [-0.05, 0) is 55.5 Å². The van der Waals surface area contributed by atoms with Crippen LogP contribution in [0.5, 0.6) is 0 Å². The van der Waals surface area contributed by atoms with Crippen LogP contribution in [0.1, 0.15) is 54.6 Å². The highest BCUT2D eigenvalue weighted by Gasteiger charge is 2.54. The third kappa shape index (κ3) is 7.16. The van der Waals surface area contributed by atoms with Crippen molar-refractivity contribution in [3.05, 3.63) is 132 Å². The number of hydrogen-bond acceptors (Lipinski definition) is 10. The van der Waals surface area contributed by atoms with Gasteiger partial charge in [0.2, 0.25) is 12.3 Å². The maximum Gasteiger partial charge on any atom is 0.346 e. The summed E-state index contributed by atoms with van der Waals surface area (Å²) in [7, 11) is 0. The molecule has 11 nitrogen and oxygen atoms in total. The molecular weight excluding hydrogens is 580 g/mol. The number of ether oxygens (including phenoxy) is 5. The Kier molecular flexibility index (Phi) is 9.80. The minimum absolute atomic E-state index is 0.0447. The summed E-state index contributed by atoms with van der Waals surface area (Å²) >= 11 is 0. The van der Waals surface area contributed by atoms with Crippen molar-refractivity contribution in [1.82, 2.24) is 0 Å². The Hall–Kier alpha value is -5.55. The van der Waals surface area contributed by atoms with Gasteiger partial charge in [-0.2, -0.15) is 0 Å². The number of hydrogen-bond donors (Lipinski definition) is 1. The summed E-state index contributed by atoms with van der Waals surface area (Å²) in [4.78, 5) is 52.2. The second-order valence-corrected chi connectivity index (χ2v) is 9.94. The molecule has 0 aliphatic carbocycles. The molecule has 230 valence electrons. The van der Waals surface area contributed by atoms with Gasteiger partial charge in [0, 0.05) is 0 Å². The number of rotatable bonds is 10. The lowest BCUT2D eigenvalue weighted by atomic mass is 10.1. The molecule has 0 bridgehead atoms. The van der Waals surface area contributed by atoms with Crippen molar-refractivity contribution in [3.8, 4) is 0 Å². The average molecular weight is 612 g/mol. The molecule has 2 heterocycles. The zero-order chi connectivity index (χ0) is 31.8. The first-order valence-corrected chi connectivity index (χ1v) is 14.2. The van der Waals surface area contributed by atoms with Gasteiger partial charge in [-0.1, -0.05) is 54.6 Å². The molecule has 1 saturated heterocycles. The van der Waals surface area contributed by atoms with Crippen molar-refractivity contribution >= 4 is 29.7 Å². The van der Waals surface area contributed by atoms with E-state index in [1.165, 1.54) is 16.8 Å². The van der Waals surface area contributed by atoms with Crippen molar-refractivity contribution in [2.45, 2.75) is 31.5 Å². The monoisotopic (exact) mass is 611 g/mol. The lowest BCUT2D eigenvalue weighted by Gasteiger charge is -2.24. The number of carbonyl (C=O) groups excluding carboxylic acids is 4. The first-order valence-electron chi connectivity index (χ1n) is 14.2.